The highest BCUT2D eigenvalue weighted by molar-refractivity contribution is 8.76. The first kappa shape index (κ1) is 24.1. The molecule has 0 aromatic rings. The third-order valence-electron chi connectivity index (χ3n) is 1.57. The Morgan fingerprint density at radius 3 is 1.15 bits per heavy atom. The van der Waals surface area contributed by atoms with Crippen molar-refractivity contribution in [2.45, 2.75) is 27.7 Å². The summed E-state index contributed by atoms with van der Waals surface area (Å²) in [7, 11) is 0. The second-order valence-electron chi connectivity index (χ2n) is 2.94. The molecule has 0 amide bonds. The molecule has 0 rings (SSSR count). The SMILES string of the molecule is CCOP(=S)(OCC)SCSP(=S)(OCC)OCC.N. The van der Waals surface area contributed by atoms with E-state index in [-0.39, 0.29) is 6.15 Å². The fraction of sp³-hybridized carbons (Fsp3) is 1.00. The normalized spacial score (nSPS) is 12.2. The Morgan fingerprint density at radius 2 is 0.950 bits per heavy atom. The van der Waals surface area contributed by atoms with Crippen LogP contribution >= 0.6 is 34.2 Å². The topological polar surface area (TPSA) is 71.9 Å². The lowest BCUT2D eigenvalue weighted by Gasteiger charge is -2.23. The average Bonchev–Trinajstić information content (AvgIpc) is 2.29. The Morgan fingerprint density at radius 1 is 0.700 bits per heavy atom. The van der Waals surface area contributed by atoms with Crippen LogP contribution in [0.2, 0.25) is 0 Å². The summed E-state index contributed by atoms with van der Waals surface area (Å²) in [6, 6.07) is 0. The molecule has 0 saturated carbocycles. The van der Waals surface area contributed by atoms with E-state index < -0.39 is 11.4 Å². The van der Waals surface area contributed by atoms with Crippen LogP contribution in [0.4, 0.5) is 0 Å². The van der Waals surface area contributed by atoms with E-state index in [9.17, 15) is 0 Å². The Bertz CT molecular complexity index is 285. The summed E-state index contributed by atoms with van der Waals surface area (Å²) < 4.78 is 22.2. The second kappa shape index (κ2) is 13.3. The van der Waals surface area contributed by atoms with Gasteiger partial charge in [-0.05, 0) is 51.3 Å². The van der Waals surface area contributed by atoms with Gasteiger partial charge < -0.3 is 24.2 Å². The first-order valence-electron chi connectivity index (χ1n) is 6.02. The van der Waals surface area contributed by atoms with Crippen LogP contribution in [0.5, 0.6) is 0 Å². The van der Waals surface area contributed by atoms with Crippen LogP contribution in [-0.4, -0.2) is 31.5 Å². The van der Waals surface area contributed by atoms with Gasteiger partial charge in [0, 0.05) is 0 Å². The molecule has 0 saturated heterocycles. The van der Waals surface area contributed by atoms with E-state index in [1.807, 2.05) is 27.7 Å². The zero-order chi connectivity index (χ0) is 14.8. The van der Waals surface area contributed by atoms with Crippen LogP contribution in [-0.2, 0) is 41.7 Å². The van der Waals surface area contributed by atoms with Gasteiger partial charge in [0.05, 0.1) is 31.5 Å². The third kappa shape index (κ3) is 10.5. The summed E-state index contributed by atoms with van der Waals surface area (Å²) in [5, 5.41) is 0.661. The highest BCUT2D eigenvalue weighted by Crippen LogP contribution is 2.67. The molecule has 0 aliphatic carbocycles. The first-order valence-corrected chi connectivity index (χ1v) is 14.5. The fourth-order valence-electron chi connectivity index (χ4n) is 1.01. The standard InChI is InChI=1S/C9H22O4P2S4.H3N/c1-5-10-14(16,11-6-2)18-9-19-15(17,12-7-3)13-8-4;/h5-9H2,1-4H3;1H3. The maximum Gasteiger partial charge on any atom is 0.248 e. The summed E-state index contributed by atoms with van der Waals surface area (Å²) in [5.74, 6) is 0. The van der Waals surface area contributed by atoms with Crippen molar-refractivity contribution in [1.82, 2.24) is 6.15 Å². The quantitative estimate of drug-likeness (QED) is 0.352. The molecule has 5 nitrogen and oxygen atoms in total. The van der Waals surface area contributed by atoms with Crippen LogP contribution in [0, 0.1) is 0 Å². The molecule has 20 heavy (non-hydrogen) atoms. The van der Waals surface area contributed by atoms with Gasteiger partial charge in [-0.2, -0.15) is 0 Å². The van der Waals surface area contributed by atoms with Gasteiger partial charge in [0.15, 0.2) is 0 Å². The fourth-order valence-corrected chi connectivity index (χ4v) is 13.7. The van der Waals surface area contributed by atoms with Gasteiger partial charge in [0.2, 0.25) is 11.4 Å². The minimum atomic E-state index is -2.25. The molecule has 3 N–H and O–H groups in total. The molecular weight excluding hydrogens is 376 g/mol. The first-order chi connectivity index (χ1) is 8.95. The Hall–Kier alpha value is 1.80. The lowest BCUT2D eigenvalue weighted by Crippen LogP contribution is -1.94. The van der Waals surface area contributed by atoms with Gasteiger partial charge in [-0.3, -0.25) is 0 Å². The van der Waals surface area contributed by atoms with Gasteiger partial charge in [-0.1, -0.05) is 22.8 Å². The molecule has 11 heteroatoms. The Balaban J connectivity index is 0. The van der Waals surface area contributed by atoms with Crippen molar-refractivity contribution in [1.29, 1.82) is 0 Å². The number of hydrogen-bond donors (Lipinski definition) is 1. The lowest BCUT2D eigenvalue weighted by atomic mass is 10.9. The zero-order valence-corrected chi connectivity index (χ0v) is 17.5. The molecule has 0 heterocycles. The van der Waals surface area contributed by atoms with E-state index in [0.29, 0.717) is 31.5 Å². The Kier molecular flexibility index (Phi) is 15.9. The monoisotopic (exact) mass is 401 g/mol. The van der Waals surface area contributed by atoms with Crippen LogP contribution in [0.3, 0.4) is 0 Å². The molecule has 0 atom stereocenters. The maximum absolute atomic E-state index is 5.55. The van der Waals surface area contributed by atoms with Crippen molar-refractivity contribution in [2.24, 2.45) is 0 Å². The molecule has 0 unspecified atom stereocenters. The zero-order valence-electron chi connectivity index (χ0n) is 12.4. The number of rotatable bonds is 12. The molecule has 0 aliphatic rings. The van der Waals surface area contributed by atoms with E-state index in [2.05, 4.69) is 0 Å². The van der Waals surface area contributed by atoms with Gasteiger partial charge in [0.1, 0.15) is 0 Å². The highest BCUT2D eigenvalue weighted by Gasteiger charge is 2.23. The largest absolute Gasteiger partial charge is 0.344 e. The van der Waals surface area contributed by atoms with Crippen molar-refractivity contribution in [3.05, 3.63) is 0 Å². The molecular formula is C9H25NO4P2S4. The molecule has 0 aliphatic heterocycles. The molecule has 0 aromatic heterocycles. The third-order valence-corrected chi connectivity index (χ3v) is 13.6. The van der Waals surface area contributed by atoms with Gasteiger partial charge >= 0.3 is 0 Å². The van der Waals surface area contributed by atoms with E-state index in [4.69, 9.17) is 41.7 Å². The number of hydrogen-bond acceptors (Lipinski definition) is 9. The van der Waals surface area contributed by atoms with Crippen LogP contribution < -0.4 is 6.15 Å². The predicted octanol–water partition coefficient (Wildman–Crippen LogP) is 5.17. The molecule has 0 radical (unpaired) electrons. The average molecular weight is 402 g/mol. The minimum Gasteiger partial charge on any atom is -0.344 e. The summed E-state index contributed by atoms with van der Waals surface area (Å²) in [6.45, 7) is 9.88. The maximum atomic E-state index is 5.55. The molecule has 0 spiro atoms. The second-order valence-corrected chi connectivity index (χ2v) is 15.9. The van der Waals surface area contributed by atoms with Crippen molar-refractivity contribution in [2.75, 3.05) is 31.5 Å². The van der Waals surface area contributed by atoms with Crippen molar-refractivity contribution in [3.8, 4) is 0 Å². The summed E-state index contributed by atoms with van der Waals surface area (Å²) in [5.41, 5.74) is -4.51. The van der Waals surface area contributed by atoms with Gasteiger partial charge in [-0.25, -0.2) is 0 Å². The van der Waals surface area contributed by atoms with Gasteiger partial charge in [-0.15, -0.1) is 0 Å². The summed E-state index contributed by atoms with van der Waals surface area (Å²) in [6.07, 6.45) is 0. The highest BCUT2D eigenvalue weighted by atomic mass is 32.9. The van der Waals surface area contributed by atoms with Gasteiger partial charge in [0.25, 0.3) is 0 Å². The van der Waals surface area contributed by atoms with E-state index in [0.717, 1.165) is 0 Å². The van der Waals surface area contributed by atoms with E-state index in [1.165, 1.54) is 22.8 Å². The lowest BCUT2D eigenvalue weighted by molar-refractivity contribution is 0.280. The molecule has 0 fully saturated rings. The van der Waals surface area contributed by atoms with Crippen molar-refractivity contribution >= 4 is 57.8 Å². The molecule has 124 valence electrons. The predicted molar refractivity (Wildman–Crippen MR) is 100 cm³/mol. The van der Waals surface area contributed by atoms with Crippen molar-refractivity contribution < 1.29 is 18.1 Å². The summed E-state index contributed by atoms with van der Waals surface area (Å²) in [4.78, 5) is 0. The van der Waals surface area contributed by atoms with E-state index >= 15 is 0 Å². The molecule has 0 aromatic carbocycles. The van der Waals surface area contributed by atoms with E-state index in [1.54, 1.807) is 0 Å². The smallest absolute Gasteiger partial charge is 0.248 e. The Labute approximate surface area is 141 Å². The van der Waals surface area contributed by atoms with Crippen LogP contribution in [0.25, 0.3) is 0 Å². The van der Waals surface area contributed by atoms with Crippen molar-refractivity contribution in [3.63, 3.8) is 0 Å². The minimum absolute atomic E-state index is 0. The van der Waals surface area contributed by atoms with Crippen LogP contribution in [0.15, 0.2) is 0 Å². The summed E-state index contributed by atoms with van der Waals surface area (Å²) >= 11 is 13.9. The molecule has 0 bridgehead atoms. The van der Waals surface area contributed by atoms with Crippen LogP contribution in [0.1, 0.15) is 27.7 Å².